The molecule has 0 fully saturated rings. The van der Waals surface area contributed by atoms with E-state index in [0.717, 1.165) is 22.3 Å². The third-order valence-electron chi connectivity index (χ3n) is 4.64. The van der Waals surface area contributed by atoms with Crippen molar-refractivity contribution >= 4 is 16.8 Å². The molecule has 0 saturated carbocycles. The summed E-state index contributed by atoms with van der Waals surface area (Å²) in [5.41, 5.74) is 3.94. The number of fused-ring (bicyclic) bond motifs is 1. The lowest BCUT2D eigenvalue weighted by Gasteiger charge is -2.15. The number of para-hydroxylation sites is 1. The highest BCUT2D eigenvalue weighted by atomic mass is 16.5. The van der Waals surface area contributed by atoms with Gasteiger partial charge in [0.15, 0.2) is 5.76 Å². The van der Waals surface area contributed by atoms with Crippen molar-refractivity contribution in [3.63, 3.8) is 0 Å². The maximum Gasteiger partial charge on any atom is 0.223 e. The summed E-state index contributed by atoms with van der Waals surface area (Å²) >= 11 is 0. The van der Waals surface area contributed by atoms with Crippen LogP contribution in [0.5, 0.6) is 0 Å². The molecule has 0 aliphatic heterocycles. The zero-order valence-electron chi connectivity index (χ0n) is 15.1. The Morgan fingerprint density at radius 1 is 1.19 bits per heavy atom. The molecule has 0 radical (unpaired) electrons. The number of benzene rings is 1. The van der Waals surface area contributed by atoms with E-state index >= 15 is 0 Å². The van der Waals surface area contributed by atoms with Gasteiger partial charge in [0, 0.05) is 54.6 Å². The maximum absolute atomic E-state index is 12.5. The number of aryl methyl sites for hydroxylation is 1. The summed E-state index contributed by atoms with van der Waals surface area (Å²) < 4.78 is 5.38. The van der Waals surface area contributed by atoms with Crippen molar-refractivity contribution in [2.24, 2.45) is 0 Å². The smallest absolute Gasteiger partial charge is 0.223 e. The van der Waals surface area contributed by atoms with Gasteiger partial charge in [-0.25, -0.2) is 0 Å². The summed E-state index contributed by atoms with van der Waals surface area (Å²) in [7, 11) is 1.78. The highest BCUT2D eigenvalue weighted by molar-refractivity contribution is 5.84. The van der Waals surface area contributed by atoms with Gasteiger partial charge in [-0.3, -0.25) is 9.78 Å². The molecule has 0 saturated heterocycles. The molecule has 0 spiro atoms. The van der Waals surface area contributed by atoms with Gasteiger partial charge in [0.05, 0.1) is 6.54 Å². The van der Waals surface area contributed by atoms with Crippen molar-refractivity contribution in [1.29, 1.82) is 0 Å². The number of aromatic nitrogens is 3. The number of amides is 1. The predicted octanol–water partition coefficient (Wildman–Crippen LogP) is 3.81. The lowest BCUT2D eigenvalue weighted by Crippen LogP contribution is -2.26. The first kappa shape index (κ1) is 17.0. The summed E-state index contributed by atoms with van der Waals surface area (Å²) in [6.07, 6.45) is 6.55. The number of hydrogen-bond acceptors (Lipinski definition) is 4. The number of hydrogen-bond donors (Lipinski definition) is 1. The Balaban J connectivity index is 1.36. The Hall–Kier alpha value is -3.41. The summed E-state index contributed by atoms with van der Waals surface area (Å²) in [4.78, 5) is 21.4. The number of nitrogens with one attached hydrogen (secondary N) is 1. The Bertz CT molecular complexity index is 1050. The Morgan fingerprint density at radius 3 is 2.85 bits per heavy atom. The van der Waals surface area contributed by atoms with Crippen molar-refractivity contribution in [2.45, 2.75) is 19.4 Å². The SMILES string of the molecule is CN(Cc1cc(-c2ccncc2)no1)C(=O)CCc1c[nH]c2ccccc12. The highest BCUT2D eigenvalue weighted by Gasteiger charge is 2.14. The van der Waals surface area contributed by atoms with Gasteiger partial charge in [0.1, 0.15) is 5.69 Å². The molecular weight excluding hydrogens is 340 g/mol. The largest absolute Gasteiger partial charge is 0.361 e. The second kappa shape index (κ2) is 7.45. The fourth-order valence-electron chi connectivity index (χ4n) is 3.14. The van der Waals surface area contributed by atoms with Crippen LogP contribution in [0.25, 0.3) is 22.2 Å². The monoisotopic (exact) mass is 360 g/mol. The molecule has 0 bridgehead atoms. The fourth-order valence-corrected chi connectivity index (χ4v) is 3.14. The second-order valence-corrected chi connectivity index (χ2v) is 6.52. The van der Waals surface area contributed by atoms with E-state index in [0.29, 0.717) is 25.1 Å². The second-order valence-electron chi connectivity index (χ2n) is 6.52. The molecule has 27 heavy (non-hydrogen) atoms. The number of carbonyl (C=O) groups excluding carboxylic acids is 1. The first-order valence-electron chi connectivity index (χ1n) is 8.85. The predicted molar refractivity (Wildman–Crippen MR) is 103 cm³/mol. The molecule has 1 aromatic carbocycles. The Kier molecular flexibility index (Phi) is 4.70. The number of nitrogens with zero attached hydrogens (tertiary/aromatic N) is 3. The van der Waals surface area contributed by atoms with Gasteiger partial charge < -0.3 is 14.4 Å². The summed E-state index contributed by atoms with van der Waals surface area (Å²) in [6.45, 7) is 0.394. The number of H-pyrrole nitrogens is 1. The van der Waals surface area contributed by atoms with E-state index in [1.807, 2.05) is 42.6 Å². The van der Waals surface area contributed by atoms with E-state index in [-0.39, 0.29) is 5.91 Å². The molecule has 0 unspecified atom stereocenters. The molecule has 3 aromatic heterocycles. The molecule has 1 amide bonds. The van der Waals surface area contributed by atoms with Crippen LogP contribution >= 0.6 is 0 Å². The van der Waals surface area contributed by atoms with Crippen LogP contribution in [0.3, 0.4) is 0 Å². The van der Waals surface area contributed by atoms with E-state index in [4.69, 9.17) is 4.52 Å². The van der Waals surface area contributed by atoms with Crippen LogP contribution in [0, 0.1) is 0 Å². The van der Waals surface area contributed by atoms with Crippen LogP contribution in [0.15, 0.2) is 65.6 Å². The Morgan fingerprint density at radius 2 is 2.00 bits per heavy atom. The van der Waals surface area contributed by atoms with Gasteiger partial charge in [-0.2, -0.15) is 0 Å². The lowest BCUT2D eigenvalue weighted by atomic mass is 10.1. The van der Waals surface area contributed by atoms with Crippen LogP contribution < -0.4 is 0 Å². The molecule has 6 nitrogen and oxygen atoms in total. The summed E-state index contributed by atoms with van der Waals surface area (Å²) in [6, 6.07) is 13.7. The zero-order valence-corrected chi connectivity index (χ0v) is 15.1. The molecule has 6 heteroatoms. The standard InChI is InChI=1S/C21H20N4O2/c1-25(14-17-12-20(24-27-17)15-8-10-22-11-9-15)21(26)7-6-16-13-23-19-5-3-2-4-18(16)19/h2-5,8-13,23H,6-7,14H2,1H3. The van der Waals surface area contributed by atoms with Crippen molar-refractivity contribution in [2.75, 3.05) is 7.05 Å². The third kappa shape index (κ3) is 3.74. The lowest BCUT2D eigenvalue weighted by molar-refractivity contribution is -0.130. The molecule has 4 rings (SSSR count). The number of carbonyl (C=O) groups is 1. The van der Waals surface area contributed by atoms with Crippen LogP contribution in [-0.4, -0.2) is 33.0 Å². The number of rotatable bonds is 6. The molecule has 4 aromatic rings. The Labute approximate surface area is 156 Å². The average Bonchev–Trinajstić information content (AvgIpc) is 3.34. The van der Waals surface area contributed by atoms with Crippen LogP contribution in [-0.2, 0) is 17.8 Å². The van der Waals surface area contributed by atoms with Crippen molar-refractivity contribution < 1.29 is 9.32 Å². The number of pyridine rings is 1. The minimum Gasteiger partial charge on any atom is -0.361 e. The van der Waals surface area contributed by atoms with Crippen molar-refractivity contribution in [1.82, 2.24) is 20.0 Å². The summed E-state index contributed by atoms with van der Waals surface area (Å²) in [5.74, 6) is 0.729. The molecule has 136 valence electrons. The van der Waals surface area contributed by atoms with Crippen LogP contribution in [0.2, 0.25) is 0 Å². The zero-order chi connectivity index (χ0) is 18.6. The first-order valence-corrected chi connectivity index (χ1v) is 8.85. The fraction of sp³-hybridized carbons (Fsp3) is 0.190. The minimum absolute atomic E-state index is 0.0714. The normalized spacial score (nSPS) is 11.0. The average molecular weight is 360 g/mol. The van der Waals surface area contributed by atoms with Gasteiger partial charge in [-0.05, 0) is 30.2 Å². The highest BCUT2D eigenvalue weighted by Crippen LogP contribution is 2.21. The third-order valence-corrected chi connectivity index (χ3v) is 4.64. The quantitative estimate of drug-likeness (QED) is 0.567. The number of aromatic amines is 1. The van der Waals surface area contributed by atoms with Gasteiger partial charge in [-0.15, -0.1) is 0 Å². The topological polar surface area (TPSA) is 75.0 Å². The molecular formula is C21H20N4O2. The van der Waals surface area contributed by atoms with Crippen LogP contribution in [0.4, 0.5) is 0 Å². The van der Waals surface area contributed by atoms with Crippen molar-refractivity contribution in [3.8, 4) is 11.3 Å². The van der Waals surface area contributed by atoms with E-state index in [1.54, 1.807) is 24.3 Å². The van der Waals surface area contributed by atoms with E-state index in [1.165, 1.54) is 5.39 Å². The molecule has 0 aliphatic carbocycles. The summed E-state index contributed by atoms with van der Waals surface area (Å²) in [5, 5.41) is 5.25. The van der Waals surface area contributed by atoms with E-state index in [9.17, 15) is 4.79 Å². The maximum atomic E-state index is 12.5. The van der Waals surface area contributed by atoms with Gasteiger partial charge in [0.2, 0.25) is 5.91 Å². The van der Waals surface area contributed by atoms with Gasteiger partial charge in [0.25, 0.3) is 0 Å². The van der Waals surface area contributed by atoms with Gasteiger partial charge >= 0.3 is 0 Å². The molecule has 0 aliphatic rings. The molecule has 1 N–H and O–H groups in total. The van der Waals surface area contributed by atoms with Crippen molar-refractivity contribution in [3.05, 3.63) is 72.4 Å². The minimum atomic E-state index is 0.0714. The van der Waals surface area contributed by atoms with Gasteiger partial charge in [-0.1, -0.05) is 23.4 Å². The molecule has 3 heterocycles. The van der Waals surface area contributed by atoms with E-state index < -0.39 is 0 Å². The van der Waals surface area contributed by atoms with E-state index in [2.05, 4.69) is 21.2 Å². The molecule has 0 atom stereocenters. The van der Waals surface area contributed by atoms with Crippen LogP contribution in [0.1, 0.15) is 17.7 Å². The first-order chi connectivity index (χ1) is 13.2.